The first-order valence-corrected chi connectivity index (χ1v) is 11.2. The van der Waals surface area contributed by atoms with E-state index < -0.39 is 17.7 Å². The van der Waals surface area contributed by atoms with E-state index in [1.807, 2.05) is 44.2 Å². The summed E-state index contributed by atoms with van der Waals surface area (Å²) in [6.07, 6.45) is 0.871. The van der Waals surface area contributed by atoms with Crippen molar-refractivity contribution in [2.75, 3.05) is 6.61 Å². The Bertz CT molecular complexity index is 1240. The first-order valence-electron chi connectivity index (χ1n) is 11.2. The molecule has 1 heterocycles. The van der Waals surface area contributed by atoms with Gasteiger partial charge < -0.3 is 14.7 Å². The third-order valence-electron chi connectivity index (χ3n) is 5.83. The van der Waals surface area contributed by atoms with Crippen molar-refractivity contribution in [3.05, 3.63) is 106 Å². The van der Waals surface area contributed by atoms with Crippen LogP contribution >= 0.6 is 0 Å². The first kappa shape index (κ1) is 23.2. The van der Waals surface area contributed by atoms with Crippen LogP contribution in [-0.2, 0) is 16.1 Å². The summed E-state index contributed by atoms with van der Waals surface area (Å²) >= 11 is 0. The summed E-state index contributed by atoms with van der Waals surface area (Å²) in [5, 5.41) is 11.2. The van der Waals surface area contributed by atoms with Crippen LogP contribution in [0.4, 0.5) is 4.39 Å². The second-order valence-electron chi connectivity index (χ2n) is 8.29. The largest absolute Gasteiger partial charge is 0.507 e. The maximum atomic E-state index is 13.4. The molecule has 3 aromatic carbocycles. The van der Waals surface area contributed by atoms with Gasteiger partial charge >= 0.3 is 0 Å². The molecular formula is C28H26FNO4. The van der Waals surface area contributed by atoms with E-state index in [1.165, 1.54) is 17.0 Å². The quantitative estimate of drug-likeness (QED) is 0.286. The van der Waals surface area contributed by atoms with E-state index in [2.05, 4.69) is 0 Å². The number of hydrogen-bond acceptors (Lipinski definition) is 4. The molecule has 6 heteroatoms. The van der Waals surface area contributed by atoms with Crippen molar-refractivity contribution in [3.63, 3.8) is 0 Å². The molecule has 1 saturated heterocycles. The molecule has 3 aromatic rings. The third-order valence-corrected chi connectivity index (χ3v) is 5.83. The van der Waals surface area contributed by atoms with Crippen LogP contribution in [0.25, 0.3) is 5.76 Å². The van der Waals surface area contributed by atoms with Crippen molar-refractivity contribution in [2.24, 2.45) is 0 Å². The average molecular weight is 460 g/mol. The molecule has 0 spiro atoms. The smallest absolute Gasteiger partial charge is 0.295 e. The SMILES string of the molecule is CCCOc1ccc(/C(O)=C2/C(=O)C(=O)N(Cc3ccc(F)cc3)C2c2ccccc2)cc1C. The number of ether oxygens (including phenoxy) is 1. The van der Waals surface area contributed by atoms with E-state index in [4.69, 9.17) is 4.74 Å². The number of carbonyl (C=O) groups is 2. The molecule has 0 aliphatic carbocycles. The topological polar surface area (TPSA) is 66.8 Å². The molecule has 1 aliphatic rings. The van der Waals surface area contributed by atoms with Crippen LogP contribution in [0.5, 0.6) is 5.75 Å². The lowest BCUT2D eigenvalue weighted by molar-refractivity contribution is -0.140. The Morgan fingerprint density at radius 2 is 1.74 bits per heavy atom. The van der Waals surface area contributed by atoms with Gasteiger partial charge in [0.25, 0.3) is 11.7 Å². The molecule has 5 nitrogen and oxygen atoms in total. The highest BCUT2D eigenvalue weighted by atomic mass is 19.1. The van der Waals surface area contributed by atoms with Crippen LogP contribution in [0.2, 0.25) is 0 Å². The van der Waals surface area contributed by atoms with Crippen molar-refractivity contribution >= 4 is 17.4 Å². The number of hydrogen-bond donors (Lipinski definition) is 1. The Kier molecular flexibility index (Phi) is 6.77. The zero-order chi connectivity index (χ0) is 24.2. The summed E-state index contributed by atoms with van der Waals surface area (Å²) in [6.45, 7) is 4.56. The molecule has 0 saturated carbocycles. The molecule has 4 rings (SSSR count). The summed E-state index contributed by atoms with van der Waals surface area (Å²) in [6, 6.07) is 19.3. The molecule has 174 valence electrons. The lowest BCUT2D eigenvalue weighted by Gasteiger charge is -2.25. The van der Waals surface area contributed by atoms with E-state index >= 15 is 0 Å². The van der Waals surface area contributed by atoms with Gasteiger partial charge in [0, 0.05) is 12.1 Å². The summed E-state index contributed by atoms with van der Waals surface area (Å²) in [7, 11) is 0. The number of benzene rings is 3. The molecule has 1 amide bonds. The maximum absolute atomic E-state index is 13.4. The van der Waals surface area contributed by atoms with Crippen molar-refractivity contribution in [1.29, 1.82) is 0 Å². The minimum atomic E-state index is -0.775. The fourth-order valence-electron chi connectivity index (χ4n) is 4.14. The molecule has 1 fully saturated rings. The first-order chi connectivity index (χ1) is 16.4. The highest BCUT2D eigenvalue weighted by Crippen LogP contribution is 2.40. The zero-order valence-electron chi connectivity index (χ0n) is 19.1. The molecule has 0 radical (unpaired) electrons. The fraction of sp³-hybridized carbons (Fsp3) is 0.214. The number of rotatable bonds is 7. The summed E-state index contributed by atoms with van der Waals surface area (Å²) < 4.78 is 19.1. The normalized spacial score (nSPS) is 17.3. The van der Waals surface area contributed by atoms with Crippen molar-refractivity contribution < 1.29 is 23.8 Å². The minimum absolute atomic E-state index is 0.0277. The average Bonchev–Trinajstić information content (AvgIpc) is 3.09. The number of carbonyl (C=O) groups excluding carboxylic acids is 2. The predicted octanol–water partition coefficient (Wildman–Crippen LogP) is 5.54. The molecule has 0 bridgehead atoms. The maximum Gasteiger partial charge on any atom is 0.295 e. The van der Waals surface area contributed by atoms with Crippen LogP contribution in [0.3, 0.4) is 0 Å². The molecule has 1 aliphatic heterocycles. The Balaban J connectivity index is 1.79. The third kappa shape index (κ3) is 4.57. The van der Waals surface area contributed by atoms with E-state index in [1.54, 1.807) is 30.3 Å². The van der Waals surface area contributed by atoms with Gasteiger partial charge in [0.2, 0.25) is 0 Å². The van der Waals surface area contributed by atoms with E-state index in [0.717, 1.165) is 12.0 Å². The van der Waals surface area contributed by atoms with Gasteiger partial charge in [-0.25, -0.2) is 4.39 Å². The molecule has 1 N–H and O–H groups in total. The highest BCUT2D eigenvalue weighted by molar-refractivity contribution is 6.46. The van der Waals surface area contributed by atoms with Gasteiger partial charge in [-0.15, -0.1) is 0 Å². The zero-order valence-corrected chi connectivity index (χ0v) is 19.1. The number of likely N-dealkylation sites (tertiary alicyclic amines) is 1. The van der Waals surface area contributed by atoms with Gasteiger partial charge in [0.05, 0.1) is 18.2 Å². The van der Waals surface area contributed by atoms with Crippen LogP contribution < -0.4 is 4.74 Å². The lowest BCUT2D eigenvalue weighted by atomic mass is 9.94. The monoisotopic (exact) mass is 459 g/mol. The van der Waals surface area contributed by atoms with Crippen LogP contribution in [-0.4, -0.2) is 28.3 Å². The van der Waals surface area contributed by atoms with Gasteiger partial charge in [0.15, 0.2) is 0 Å². The second kappa shape index (κ2) is 9.91. The lowest BCUT2D eigenvalue weighted by Crippen LogP contribution is -2.29. The Morgan fingerprint density at radius 3 is 2.38 bits per heavy atom. The van der Waals surface area contributed by atoms with Gasteiger partial charge in [-0.3, -0.25) is 9.59 Å². The number of aliphatic hydroxyl groups excluding tert-OH is 1. The molecule has 0 aromatic heterocycles. The van der Waals surface area contributed by atoms with Crippen molar-refractivity contribution in [3.8, 4) is 5.75 Å². The Hall–Kier alpha value is -3.93. The van der Waals surface area contributed by atoms with Crippen molar-refractivity contribution in [2.45, 2.75) is 32.9 Å². The number of Topliss-reactive ketones (excluding diaryl/α,β-unsaturated/α-hetero) is 1. The molecule has 1 atom stereocenters. The number of halogens is 1. The van der Waals surface area contributed by atoms with Gasteiger partial charge in [-0.1, -0.05) is 49.4 Å². The molecule has 1 unspecified atom stereocenters. The Morgan fingerprint density at radius 1 is 1.03 bits per heavy atom. The molecule has 34 heavy (non-hydrogen) atoms. The number of aliphatic hydroxyl groups is 1. The van der Waals surface area contributed by atoms with E-state index in [0.29, 0.717) is 29.0 Å². The van der Waals surface area contributed by atoms with Crippen LogP contribution in [0.1, 0.15) is 41.6 Å². The number of ketones is 1. The summed E-state index contributed by atoms with van der Waals surface area (Å²) in [4.78, 5) is 27.7. The minimum Gasteiger partial charge on any atom is -0.507 e. The number of aryl methyl sites for hydroxylation is 1. The van der Waals surface area contributed by atoms with Gasteiger partial charge in [0.1, 0.15) is 17.3 Å². The van der Waals surface area contributed by atoms with E-state index in [-0.39, 0.29) is 23.7 Å². The van der Waals surface area contributed by atoms with Crippen LogP contribution in [0, 0.1) is 12.7 Å². The highest BCUT2D eigenvalue weighted by Gasteiger charge is 2.46. The standard InChI is InChI=1S/C28H26FNO4/c1-3-15-34-23-14-11-21(16-18(23)2)26(31)24-25(20-7-5-4-6-8-20)30(28(33)27(24)32)17-19-9-12-22(29)13-10-19/h4-14,16,25,31H,3,15,17H2,1-2H3/b26-24-. The van der Waals surface area contributed by atoms with Gasteiger partial charge in [-0.2, -0.15) is 0 Å². The number of nitrogens with zero attached hydrogens (tertiary/aromatic N) is 1. The van der Waals surface area contributed by atoms with Crippen molar-refractivity contribution in [1.82, 2.24) is 4.90 Å². The van der Waals surface area contributed by atoms with E-state index in [9.17, 15) is 19.1 Å². The van der Waals surface area contributed by atoms with Gasteiger partial charge in [-0.05, 0) is 60.4 Å². The van der Waals surface area contributed by atoms with Crippen LogP contribution in [0.15, 0.2) is 78.4 Å². The Labute approximate surface area is 198 Å². The predicted molar refractivity (Wildman–Crippen MR) is 128 cm³/mol. The molecular weight excluding hydrogens is 433 g/mol. The second-order valence-corrected chi connectivity index (χ2v) is 8.29. The fourth-order valence-corrected chi connectivity index (χ4v) is 4.14. The summed E-state index contributed by atoms with van der Waals surface area (Å²) in [5.41, 5.74) is 2.65. The number of amides is 1. The summed E-state index contributed by atoms with van der Waals surface area (Å²) in [5.74, 6) is -1.38.